The van der Waals surface area contributed by atoms with Crippen LogP contribution < -0.4 is 5.32 Å². The second kappa shape index (κ2) is 8.87. The SMILES string of the molecule is CCCC1CC1NC(=NCC)N(C)Cc1ccsc1.I. The normalized spacial score (nSPS) is 21.2. The van der Waals surface area contributed by atoms with Crippen molar-refractivity contribution in [2.75, 3.05) is 13.6 Å². The first kappa shape index (κ1) is 17.8. The first-order chi connectivity index (χ1) is 9.24. The van der Waals surface area contributed by atoms with Gasteiger partial charge in [0.15, 0.2) is 5.96 Å². The molecule has 114 valence electrons. The molecule has 0 aliphatic heterocycles. The largest absolute Gasteiger partial charge is 0.353 e. The molecule has 0 aromatic carbocycles. The number of thiophene rings is 1. The summed E-state index contributed by atoms with van der Waals surface area (Å²) in [5.74, 6) is 1.92. The first-order valence-electron chi connectivity index (χ1n) is 7.27. The molecule has 0 spiro atoms. The van der Waals surface area contributed by atoms with Gasteiger partial charge >= 0.3 is 0 Å². The summed E-state index contributed by atoms with van der Waals surface area (Å²) in [5.41, 5.74) is 1.36. The van der Waals surface area contributed by atoms with Crippen LogP contribution in [0.3, 0.4) is 0 Å². The lowest BCUT2D eigenvalue weighted by Gasteiger charge is -2.22. The van der Waals surface area contributed by atoms with Gasteiger partial charge in [0.05, 0.1) is 0 Å². The van der Waals surface area contributed by atoms with Crippen LogP contribution in [0.25, 0.3) is 0 Å². The molecule has 1 aromatic rings. The molecule has 20 heavy (non-hydrogen) atoms. The maximum Gasteiger partial charge on any atom is 0.194 e. The van der Waals surface area contributed by atoms with Crippen molar-refractivity contribution in [1.82, 2.24) is 10.2 Å². The van der Waals surface area contributed by atoms with Crippen LogP contribution in [0.15, 0.2) is 21.8 Å². The van der Waals surface area contributed by atoms with E-state index in [1.807, 2.05) is 0 Å². The molecule has 1 heterocycles. The van der Waals surface area contributed by atoms with Gasteiger partial charge in [0, 0.05) is 26.2 Å². The number of halogens is 1. The van der Waals surface area contributed by atoms with Gasteiger partial charge in [-0.3, -0.25) is 4.99 Å². The highest BCUT2D eigenvalue weighted by Gasteiger charge is 2.37. The number of nitrogens with one attached hydrogen (secondary N) is 1. The summed E-state index contributed by atoms with van der Waals surface area (Å²) >= 11 is 1.75. The smallest absolute Gasteiger partial charge is 0.194 e. The van der Waals surface area contributed by atoms with Crippen LogP contribution in [-0.4, -0.2) is 30.5 Å². The molecule has 1 aromatic heterocycles. The quantitative estimate of drug-likeness (QED) is 0.439. The fourth-order valence-electron chi connectivity index (χ4n) is 2.44. The van der Waals surface area contributed by atoms with E-state index in [1.54, 1.807) is 11.3 Å². The van der Waals surface area contributed by atoms with Crippen molar-refractivity contribution < 1.29 is 0 Å². The van der Waals surface area contributed by atoms with E-state index in [0.717, 1.165) is 25.0 Å². The highest BCUT2D eigenvalue weighted by Crippen LogP contribution is 2.34. The monoisotopic (exact) mass is 407 g/mol. The van der Waals surface area contributed by atoms with Gasteiger partial charge in [-0.1, -0.05) is 13.3 Å². The summed E-state index contributed by atoms with van der Waals surface area (Å²) in [6.45, 7) is 6.12. The van der Waals surface area contributed by atoms with E-state index in [-0.39, 0.29) is 24.0 Å². The predicted molar refractivity (Wildman–Crippen MR) is 99.1 cm³/mol. The molecule has 2 rings (SSSR count). The molecule has 5 heteroatoms. The van der Waals surface area contributed by atoms with Crippen LogP contribution in [-0.2, 0) is 6.54 Å². The van der Waals surface area contributed by atoms with Gasteiger partial charge in [-0.2, -0.15) is 11.3 Å². The topological polar surface area (TPSA) is 27.6 Å². The summed E-state index contributed by atoms with van der Waals surface area (Å²) in [6, 6.07) is 2.83. The number of rotatable bonds is 6. The van der Waals surface area contributed by atoms with Gasteiger partial charge in [0.2, 0.25) is 0 Å². The zero-order valence-corrected chi connectivity index (χ0v) is 15.8. The molecule has 1 fully saturated rings. The number of nitrogens with zero attached hydrogens (tertiary/aromatic N) is 2. The Labute approximate surface area is 143 Å². The Balaban J connectivity index is 0.00000200. The van der Waals surface area contributed by atoms with Gasteiger partial charge in [0.1, 0.15) is 0 Å². The van der Waals surface area contributed by atoms with Gasteiger partial charge in [-0.15, -0.1) is 24.0 Å². The summed E-state index contributed by atoms with van der Waals surface area (Å²) < 4.78 is 0. The Kier molecular flexibility index (Phi) is 7.87. The van der Waals surface area contributed by atoms with Crippen molar-refractivity contribution >= 4 is 41.3 Å². The molecule has 2 atom stereocenters. The fraction of sp³-hybridized carbons (Fsp3) is 0.667. The summed E-state index contributed by atoms with van der Waals surface area (Å²) in [5, 5.41) is 7.95. The molecular weight excluding hydrogens is 381 g/mol. The molecule has 0 radical (unpaired) electrons. The van der Waals surface area contributed by atoms with E-state index in [0.29, 0.717) is 6.04 Å². The molecule has 0 bridgehead atoms. The maximum atomic E-state index is 4.61. The Bertz CT molecular complexity index is 405. The summed E-state index contributed by atoms with van der Waals surface area (Å²) in [6.07, 6.45) is 3.93. The molecule has 3 nitrogen and oxygen atoms in total. The number of hydrogen-bond acceptors (Lipinski definition) is 2. The summed E-state index contributed by atoms with van der Waals surface area (Å²) in [4.78, 5) is 6.84. The van der Waals surface area contributed by atoms with Gasteiger partial charge in [-0.05, 0) is 48.1 Å². The van der Waals surface area contributed by atoms with E-state index in [1.165, 1.54) is 24.8 Å². The van der Waals surface area contributed by atoms with Crippen LogP contribution >= 0.6 is 35.3 Å². The van der Waals surface area contributed by atoms with Crippen LogP contribution in [0, 0.1) is 5.92 Å². The third-order valence-corrected chi connectivity index (χ3v) is 4.30. The maximum absolute atomic E-state index is 4.61. The molecule has 2 unspecified atom stereocenters. The lowest BCUT2D eigenvalue weighted by Crippen LogP contribution is -2.40. The first-order valence-corrected chi connectivity index (χ1v) is 8.22. The highest BCUT2D eigenvalue weighted by molar-refractivity contribution is 14.0. The third-order valence-electron chi connectivity index (χ3n) is 3.57. The molecule has 0 saturated heterocycles. The second-order valence-electron chi connectivity index (χ2n) is 5.32. The standard InChI is InChI=1S/C15H25N3S.HI/c1-4-6-13-9-14(13)17-15(16-5-2)18(3)10-12-7-8-19-11-12;/h7-8,11,13-14H,4-6,9-10H2,1-3H3,(H,16,17);1H. The number of aliphatic imine (C=N–C) groups is 1. The predicted octanol–water partition coefficient (Wildman–Crippen LogP) is 3.95. The second-order valence-corrected chi connectivity index (χ2v) is 6.10. The Morgan fingerprint density at radius 3 is 2.90 bits per heavy atom. The van der Waals surface area contributed by atoms with Gasteiger partial charge in [0.25, 0.3) is 0 Å². The van der Waals surface area contributed by atoms with Crippen LogP contribution in [0.1, 0.15) is 38.7 Å². The van der Waals surface area contributed by atoms with Crippen molar-refractivity contribution in [2.24, 2.45) is 10.9 Å². The Morgan fingerprint density at radius 2 is 2.30 bits per heavy atom. The van der Waals surface area contributed by atoms with Crippen molar-refractivity contribution in [1.29, 1.82) is 0 Å². The average molecular weight is 407 g/mol. The minimum absolute atomic E-state index is 0. The molecule has 1 aliphatic carbocycles. The molecular formula is C15H26IN3S. The third kappa shape index (κ3) is 5.24. The zero-order chi connectivity index (χ0) is 13.7. The molecule has 0 amide bonds. The summed E-state index contributed by atoms with van der Waals surface area (Å²) in [7, 11) is 2.12. The lowest BCUT2D eigenvalue weighted by molar-refractivity contribution is 0.472. The number of hydrogen-bond donors (Lipinski definition) is 1. The fourth-order valence-corrected chi connectivity index (χ4v) is 3.10. The molecule has 1 saturated carbocycles. The van der Waals surface area contributed by atoms with Crippen molar-refractivity contribution in [3.05, 3.63) is 22.4 Å². The Morgan fingerprint density at radius 1 is 1.50 bits per heavy atom. The van der Waals surface area contributed by atoms with Gasteiger partial charge in [-0.25, -0.2) is 0 Å². The zero-order valence-electron chi connectivity index (χ0n) is 12.6. The minimum atomic E-state index is 0. The van der Waals surface area contributed by atoms with Crippen molar-refractivity contribution in [3.8, 4) is 0 Å². The van der Waals surface area contributed by atoms with E-state index in [2.05, 4.69) is 52.9 Å². The van der Waals surface area contributed by atoms with Crippen molar-refractivity contribution in [3.63, 3.8) is 0 Å². The van der Waals surface area contributed by atoms with Crippen molar-refractivity contribution in [2.45, 2.75) is 45.7 Å². The average Bonchev–Trinajstić information content (AvgIpc) is 2.90. The number of guanidine groups is 1. The van der Waals surface area contributed by atoms with E-state index in [4.69, 9.17) is 0 Å². The van der Waals surface area contributed by atoms with Crippen LogP contribution in [0.2, 0.25) is 0 Å². The van der Waals surface area contributed by atoms with Crippen LogP contribution in [0.5, 0.6) is 0 Å². The van der Waals surface area contributed by atoms with Gasteiger partial charge < -0.3 is 10.2 Å². The molecule has 1 aliphatic rings. The lowest BCUT2D eigenvalue weighted by atomic mass is 10.2. The van der Waals surface area contributed by atoms with E-state index >= 15 is 0 Å². The highest BCUT2D eigenvalue weighted by atomic mass is 127. The molecule has 1 N–H and O–H groups in total. The van der Waals surface area contributed by atoms with E-state index < -0.39 is 0 Å². The Hall–Kier alpha value is -0.300. The minimum Gasteiger partial charge on any atom is -0.353 e. The van der Waals surface area contributed by atoms with Crippen LogP contribution in [0.4, 0.5) is 0 Å². The van der Waals surface area contributed by atoms with E-state index in [9.17, 15) is 0 Å².